The van der Waals surface area contributed by atoms with E-state index in [0.717, 1.165) is 22.3 Å². The fraction of sp³-hybridized carbons (Fsp3) is 0.333. The first-order valence-corrected chi connectivity index (χ1v) is 7.98. The summed E-state index contributed by atoms with van der Waals surface area (Å²) >= 11 is 0. The molecule has 0 spiro atoms. The molecule has 0 aliphatic carbocycles. The lowest BCUT2D eigenvalue weighted by Crippen LogP contribution is -2.07. The van der Waals surface area contributed by atoms with Gasteiger partial charge in [0, 0.05) is 18.2 Å². The largest absolute Gasteiger partial charge is 0.497 e. The van der Waals surface area contributed by atoms with Crippen molar-refractivity contribution >= 4 is 16.9 Å². The lowest BCUT2D eigenvalue weighted by Gasteiger charge is -2.06. The first-order valence-electron chi connectivity index (χ1n) is 7.98. The molecule has 7 heteroatoms. The smallest absolute Gasteiger partial charge is 0.340 e. The minimum absolute atomic E-state index is 0.320. The lowest BCUT2D eigenvalue weighted by molar-refractivity contribution is 0.0527. The second kappa shape index (κ2) is 6.98. The molecule has 0 atom stereocenters. The highest BCUT2D eigenvalue weighted by molar-refractivity contribution is 6.07. The second-order valence-corrected chi connectivity index (χ2v) is 5.56. The van der Waals surface area contributed by atoms with E-state index < -0.39 is 0 Å². The van der Waals surface area contributed by atoms with Crippen LogP contribution in [0.15, 0.2) is 30.6 Å². The van der Waals surface area contributed by atoms with E-state index in [4.69, 9.17) is 14.2 Å². The zero-order chi connectivity index (χ0) is 18.0. The summed E-state index contributed by atoms with van der Waals surface area (Å²) in [6, 6.07) is 5.65. The Morgan fingerprint density at radius 2 is 2.08 bits per heavy atom. The molecule has 1 aromatic carbocycles. The number of methoxy groups -OCH3 is 2. The zero-order valence-electron chi connectivity index (χ0n) is 14.8. The number of ether oxygens (including phenoxy) is 3. The Morgan fingerprint density at radius 1 is 1.28 bits per heavy atom. The van der Waals surface area contributed by atoms with Gasteiger partial charge in [0.1, 0.15) is 12.5 Å². The number of aromatic nitrogens is 3. The first-order chi connectivity index (χ1) is 12.1. The highest BCUT2D eigenvalue weighted by Gasteiger charge is 2.23. The van der Waals surface area contributed by atoms with Crippen LogP contribution < -0.4 is 4.74 Å². The molecule has 2 heterocycles. The fourth-order valence-electron chi connectivity index (χ4n) is 2.99. The molecule has 0 fully saturated rings. The van der Waals surface area contributed by atoms with Crippen LogP contribution in [0, 0.1) is 6.92 Å². The van der Waals surface area contributed by atoms with Crippen LogP contribution in [0.3, 0.4) is 0 Å². The van der Waals surface area contributed by atoms with E-state index in [9.17, 15) is 4.79 Å². The van der Waals surface area contributed by atoms with E-state index in [1.165, 1.54) is 0 Å². The molecule has 0 saturated carbocycles. The van der Waals surface area contributed by atoms with Gasteiger partial charge in [-0.25, -0.2) is 9.48 Å². The molecule has 0 saturated heterocycles. The van der Waals surface area contributed by atoms with E-state index >= 15 is 0 Å². The van der Waals surface area contributed by atoms with E-state index in [-0.39, 0.29) is 5.97 Å². The van der Waals surface area contributed by atoms with Gasteiger partial charge in [-0.05, 0) is 32.0 Å². The van der Waals surface area contributed by atoms with Crippen molar-refractivity contribution in [3.05, 3.63) is 41.9 Å². The SMILES string of the molecule is CCOC(=O)c1c(C)n(-c2cnn(COC)c2)c2ccc(OC)cc12. The van der Waals surface area contributed by atoms with Crippen molar-refractivity contribution in [1.29, 1.82) is 0 Å². The Balaban J connectivity index is 2.23. The molecule has 0 unspecified atom stereocenters. The fourth-order valence-corrected chi connectivity index (χ4v) is 2.99. The predicted molar refractivity (Wildman–Crippen MR) is 93.3 cm³/mol. The molecule has 0 radical (unpaired) electrons. The van der Waals surface area contributed by atoms with E-state index in [1.54, 1.807) is 32.0 Å². The maximum absolute atomic E-state index is 12.5. The summed E-state index contributed by atoms with van der Waals surface area (Å²) in [5, 5.41) is 5.07. The summed E-state index contributed by atoms with van der Waals surface area (Å²) in [6.07, 6.45) is 3.61. The van der Waals surface area contributed by atoms with Crippen molar-refractivity contribution in [1.82, 2.24) is 14.3 Å². The Bertz CT molecular complexity index is 911. The van der Waals surface area contributed by atoms with Crippen LogP contribution in [0.4, 0.5) is 0 Å². The first kappa shape index (κ1) is 17.0. The molecule has 2 aromatic heterocycles. The summed E-state index contributed by atoms with van der Waals surface area (Å²) in [4.78, 5) is 12.5. The van der Waals surface area contributed by atoms with Crippen LogP contribution in [0.5, 0.6) is 5.75 Å². The monoisotopic (exact) mass is 343 g/mol. The van der Waals surface area contributed by atoms with Crippen LogP contribution in [0.1, 0.15) is 23.0 Å². The van der Waals surface area contributed by atoms with Crippen LogP contribution in [0.2, 0.25) is 0 Å². The minimum Gasteiger partial charge on any atom is -0.497 e. The molecule has 132 valence electrons. The summed E-state index contributed by atoms with van der Waals surface area (Å²) in [6.45, 7) is 4.37. The minimum atomic E-state index is -0.346. The molecule has 0 aliphatic rings. The Morgan fingerprint density at radius 3 is 2.76 bits per heavy atom. The topological polar surface area (TPSA) is 67.5 Å². The molecular weight excluding hydrogens is 322 g/mol. The third-order valence-corrected chi connectivity index (χ3v) is 4.03. The van der Waals surface area contributed by atoms with Crippen LogP contribution >= 0.6 is 0 Å². The van der Waals surface area contributed by atoms with E-state index in [0.29, 0.717) is 24.7 Å². The quantitative estimate of drug-likeness (QED) is 0.644. The standard InChI is InChI=1S/C18H21N3O4/c1-5-25-18(22)17-12(2)21(13-9-19-20(10-13)11-23-3)16-7-6-14(24-4)8-15(16)17/h6-10H,5,11H2,1-4H3. The molecule has 0 aliphatic heterocycles. The maximum atomic E-state index is 12.5. The number of carbonyl (C=O) groups excluding carboxylic acids is 1. The van der Waals surface area contributed by atoms with Crippen molar-refractivity contribution < 1.29 is 19.0 Å². The number of benzene rings is 1. The van der Waals surface area contributed by atoms with Crippen molar-refractivity contribution in [2.75, 3.05) is 20.8 Å². The van der Waals surface area contributed by atoms with E-state index in [2.05, 4.69) is 5.10 Å². The molecule has 25 heavy (non-hydrogen) atoms. The Hall–Kier alpha value is -2.80. The van der Waals surface area contributed by atoms with Crippen LogP contribution in [-0.2, 0) is 16.2 Å². The van der Waals surface area contributed by atoms with Gasteiger partial charge in [0.2, 0.25) is 0 Å². The predicted octanol–water partition coefficient (Wildman–Crippen LogP) is 2.92. The average molecular weight is 343 g/mol. The summed E-state index contributed by atoms with van der Waals surface area (Å²) < 4.78 is 19.3. The molecule has 0 N–H and O–H groups in total. The van der Waals surface area contributed by atoms with Gasteiger partial charge in [0.25, 0.3) is 0 Å². The highest BCUT2D eigenvalue weighted by Crippen LogP contribution is 2.32. The molecule has 0 bridgehead atoms. The number of hydrogen-bond acceptors (Lipinski definition) is 5. The van der Waals surface area contributed by atoms with Gasteiger partial charge in [0.15, 0.2) is 0 Å². The summed E-state index contributed by atoms with van der Waals surface area (Å²) in [5.74, 6) is 0.339. The second-order valence-electron chi connectivity index (χ2n) is 5.56. The number of nitrogens with zero attached hydrogens (tertiary/aromatic N) is 3. The van der Waals surface area contributed by atoms with Crippen LogP contribution in [0.25, 0.3) is 16.6 Å². The average Bonchev–Trinajstić information content (AvgIpc) is 3.16. The number of fused-ring (bicyclic) bond motifs is 1. The van der Waals surface area contributed by atoms with Gasteiger partial charge in [-0.3, -0.25) is 0 Å². The van der Waals surface area contributed by atoms with Crippen LogP contribution in [-0.4, -0.2) is 41.1 Å². The Kier molecular flexibility index (Phi) is 4.76. The lowest BCUT2D eigenvalue weighted by atomic mass is 10.1. The van der Waals surface area contributed by atoms with Crippen molar-refractivity contribution in [3.63, 3.8) is 0 Å². The molecule has 0 amide bonds. The number of hydrogen-bond donors (Lipinski definition) is 0. The molecule has 3 aromatic rings. The van der Waals surface area contributed by atoms with E-state index in [1.807, 2.05) is 35.9 Å². The zero-order valence-corrected chi connectivity index (χ0v) is 14.8. The molecule has 3 rings (SSSR count). The molecular formula is C18H21N3O4. The highest BCUT2D eigenvalue weighted by atomic mass is 16.5. The number of esters is 1. The normalized spacial score (nSPS) is 11.0. The van der Waals surface area contributed by atoms with Gasteiger partial charge in [-0.1, -0.05) is 0 Å². The van der Waals surface area contributed by atoms with Crippen molar-refractivity contribution in [2.24, 2.45) is 0 Å². The third kappa shape index (κ3) is 2.98. The number of carbonyl (C=O) groups is 1. The van der Waals surface area contributed by atoms with Gasteiger partial charge >= 0.3 is 5.97 Å². The van der Waals surface area contributed by atoms with Gasteiger partial charge in [-0.2, -0.15) is 5.10 Å². The third-order valence-electron chi connectivity index (χ3n) is 4.03. The van der Waals surface area contributed by atoms with Gasteiger partial charge < -0.3 is 18.8 Å². The maximum Gasteiger partial charge on any atom is 0.340 e. The van der Waals surface area contributed by atoms with Crippen molar-refractivity contribution in [3.8, 4) is 11.4 Å². The van der Waals surface area contributed by atoms with Gasteiger partial charge in [-0.15, -0.1) is 0 Å². The van der Waals surface area contributed by atoms with Crippen molar-refractivity contribution in [2.45, 2.75) is 20.6 Å². The Labute approximate surface area is 145 Å². The number of rotatable bonds is 6. The summed E-state index contributed by atoms with van der Waals surface area (Å²) in [7, 11) is 3.21. The summed E-state index contributed by atoms with van der Waals surface area (Å²) in [5.41, 5.74) is 3.06. The molecule has 7 nitrogen and oxygen atoms in total. The van der Waals surface area contributed by atoms with Gasteiger partial charge in [0.05, 0.1) is 42.9 Å².